The lowest BCUT2D eigenvalue weighted by Crippen LogP contribution is -2.58. The van der Waals surface area contributed by atoms with E-state index in [9.17, 15) is 24.3 Å². The van der Waals surface area contributed by atoms with Crippen molar-refractivity contribution < 1.29 is 24.3 Å². The Hall–Kier alpha value is -4.11. The Morgan fingerprint density at radius 3 is 2.21 bits per heavy atom. The van der Waals surface area contributed by atoms with Crippen molar-refractivity contribution in [2.45, 2.75) is 49.9 Å². The maximum Gasteiger partial charge on any atom is 0.326 e. The molecule has 0 fully saturated rings. The summed E-state index contributed by atoms with van der Waals surface area (Å²) in [6.45, 7) is 0.299. The normalized spacial score (nSPS) is 13.8. The van der Waals surface area contributed by atoms with Crippen molar-refractivity contribution in [3.05, 3.63) is 54.1 Å². The fourth-order valence-corrected chi connectivity index (χ4v) is 3.80. The highest BCUT2D eigenvalue weighted by molar-refractivity contribution is 7.80. The van der Waals surface area contributed by atoms with Gasteiger partial charge in [0.1, 0.15) is 18.1 Å². The molecule has 0 bridgehead atoms. The van der Waals surface area contributed by atoms with E-state index in [1.54, 1.807) is 24.3 Å². The third-order valence-corrected chi connectivity index (χ3v) is 5.99. The van der Waals surface area contributed by atoms with Crippen LogP contribution in [0.2, 0.25) is 0 Å². The smallest absolute Gasteiger partial charge is 0.326 e. The summed E-state index contributed by atoms with van der Waals surface area (Å²) < 4.78 is 0. The number of aliphatic carboxylic acids is 1. The van der Waals surface area contributed by atoms with E-state index >= 15 is 0 Å². The number of hydrogen-bond donors (Lipinski definition) is 9. The predicted octanol–water partition coefficient (Wildman–Crippen LogP) is -1.96. The molecule has 1 heterocycles. The molecule has 2 rings (SSSR count). The molecule has 212 valence electrons. The van der Waals surface area contributed by atoms with E-state index in [0.29, 0.717) is 18.7 Å². The first-order valence-electron chi connectivity index (χ1n) is 12.2. The second kappa shape index (κ2) is 16.0. The SMILES string of the molecule is NC(N)=NCCCC(N)C(=O)NC(Cc1ccccc1)C(=O)NC(CS)C(=O)NC(Cc1cnc[nH]1)C(=O)O. The van der Waals surface area contributed by atoms with Crippen LogP contribution < -0.4 is 33.2 Å². The highest BCUT2D eigenvalue weighted by Gasteiger charge is 2.30. The number of guanidine groups is 1. The number of thiol groups is 1. The van der Waals surface area contributed by atoms with Crippen LogP contribution in [-0.2, 0) is 32.0 Å². The van der Waals surface area contributed by atoms with Crippen molar-refractivity contribution in [3.63, 3.8) is 0 Å². The summed E-state index contributed by atoms with van der Waals surface area (Å²) >= 11 is 4.15. The van der Waals surface area contributed by atoms with Gasteiger partial charge in [-0.3, -0.25) is 19.4 Å². The van der Waals surface area contributed by atoms with Crippen LogP contribution in [0.5, 0.6) is 0 Å². The van der Waals surface area contributed by atoms with Crippen molar-refractivity contribution in [1.82, 2.24) is 25.9 Å². The molecule has 39 heavy (non-hydrogen) atoms. The van der Waals surface area contributed by atoms with E-state index in [2.05, 4.69) is 43.5 Å². The molecule has 3 amide bonds. The molecule has 0 radical (unpaired) electrons. The summed E-state index contributed by atoms with van der Waals surface area (Å²) in [6.07, 6.45) is 3.65. The minimum Gasteiger partial charge on any atom is -0.480 e. The number of hydrogen-bond acceptors (Lipinski definition) is 8. The fraction of sp³-hybridized carbons (Fsp3) is 0.417. The number of aromatic amines is 1. The molecule has 0 aliphatic heterocycles. The van der Waals surface area contributed by atoms with Crippen LogP contribution in [-0.4, -0.2) is 81.2 Å². The van der Waals surface area contributed by atoms with E-state index in [1.165, 1.54) is 12.5 Å². The molecule has 0 saturated carbocycles. The van der Waals surface area contributed by atoms with Crippen molar-refractivity contribution in [1.29, 1.82) is 0 Å². The molecule has 4 atom stereocenters. The van der Waals surface area contributed by atoms with Crippen LogP contribution in [0.1, 0.15) is 24.1 Å². The van der Waals surface area contributed by atoms with Gasteiger partial charge in [0.2, 0.25) is 17.7 Å². The Kier molecular flexibility index (Phi) is 12.8. The second-order valence-electron chi connectivity index (χ2n) is 8.73. The molecule has 0 aliphatic carbocycles. The van der Waals surface area contributed by atoms with E-state index in [0.717, 1.165) is 5.56 Å². The fourth-order valence-electron chi connectivity index (χ4n) is 3.54. The molecular formula is C24H35N9O5S. The first-order valence-corrected chi connectivity index (χ1v) is 12.8. The molecule has 2 aromatic rings. The van der Waals surface area contributed by atoms with Gasteiger partial charge in [0.15, 0.2) is 5.96 Å². The zero-order valence-electron chi connectivity index (χ0n) is 21.2. The Morgan fingerprint density at radius 2 is 1.62 bits per heavy atom. The Bertz CT molecular complexity index is 1110. The number of rotatable bonds is 16. The standard InChI is InChI=1S/C24H35N9O5S/c25-16(7-4-8-29-24(26)27)20(34)31-17(9-14-5-2-1-3-6-14)21(35)33-19(12-39)22(36)32-18(23(37)38)10-15-11-28-13-30-15/h1-3,5-6,11,13,16-19,39H,4,7-10,12,25H2,(H,28,30)(H,31,34)(H,32,36)(H,33,35)(H,37,38)(H4,26,27,29). The predicted molar refractivity (Wildman–Crippen MR) is 148 cm³/mol. The van der Waals surface area contributed by atoms with Crippen molar-refractivity contribution in [2.24, 2.45) is 22.2 Å². The number of nitrogens with one attached hydrogen (secondary N) is 4. The number of H-pyrrole nitrogens is 1. The summed E-state index contributed by atoms with van der Waals surface area (Å²) in [6, 6.07) is 4.53. The molecule has 11 N–H and O–H groups in total. The average molecular weight is 562 g/mol. The van der Waals surface area contributed by atoms with Crippen LogP contribution >= 0.6 is 12.6 Å². The lowest BCUT2D eigenvalue weighted by atomic mass is 10.0. The second-order valence-corrected chi connectivity index (χ2v) is 9.10. The Morgan fingerprint density at radius 1 is 0.974 bits per heavy atom. The quantitative estimate of drug-likeness (QED) is 0.0477. The molecule has 14 nitrogen and oxygen atoms in total. The van der Waals surface area contributed by atoms with Gasteiger partial charge in [-0.15, -0.1) is 0 Å². The summed E-state index contributed by atoms with van der Waals surface area (Å²) in [5, 5.41) is 17.1. The van der Waals surface area contributed by atoms with Gasteiger partial charge < -0.3 is 43.2 Å². The summed E-state index contributed by atoms with van der Waals surface area (Å²) in [5.74, 6) is -3.41. The van der Waals surface area contributed by atoms with E-state index in [4.69, 9.17) is 17.2 Å². The lowest BCUT2D eigenvalue weighted by molar-refractivity contribution is -0.142. The lowest BCUT2D eigenvalue weighted by Gasteiger charge is -2.24. The van der Waals surface area contributed by atoms with Gasteiger partial charge in [-0.25, -0.2) is 9.78 Å². The van der Waals surface area contributed by atoms with Crippen molar-refractivity contribution >= 4 is 42.3 Å². The number of benzene rings is 1. The largest absolute Gasteiger partial charge is 0.480 e. The number of carbonyl (C=O) groups is 4. The third kappa shape index (κ3) is 11.0. The maximum atomic E-state index is 13.2. The highest BCUT2D eigenvalue weighted by atomic mass is 32.1. The van der Waals surface area contributed by atoms with Gasteiger partial charge in [-0.1, -0.05) is 30.3 Å². The number of carboxylic acid groups (broad SMARTS) is 1. The summed E-state index contributed by atoms with van der Waals surface area (Å²) in [4.78, 5) is 61.0. The van der Waals surface area contributed by atoms with Crippen molar-refractivity contribution in [3.8, 4) is 0 Å². The first-order chi connectivity index (χ1) is 18.6. The topological polar surface area (TPSA) is 244 Å². The number of aliphatic imine (C=N–C) groups is 1. The Labute approximate surface area is 231 Å². The average Bonchev–Trinajstić information content (AvgIpc) is 3.42. The van der Waals surface area contributed by atoms with E-state index in [-0.39, 0.29) is 31.0 Å². The number of imidazole rings is 1. The molecular weight excluding hydrogens is 526 g/mol. The van der Waals surface area contributed by atoms with Crippen LogP contribution in [0.4, 0.5) is 0 Å². The molecule has 0 spiro atoms. The number of nitrogens with zero attached hydrogens (tertiary/aromatic N) is 2. The number of carboxylic acids is 1. The number of amides is 3. The number of carbonyl (C=O) groups excluding carboxylic acids is 3. The minimum atomic E-state index is -1.27. The molecule has 1 aromatic carbocycles. The van der Waals surface area contributed by atoms with Gasteiger partial charge >= 0.3 is 5.97 Å². The Balaban J connectivity index is 2.08. The zero-order valence-corrected chi connectivity index (χ0v) is 22.1. The van der Waals surface area contributed by atoms with Gasteiger partial charge in [0.05, 0.1) is 12.4 Å². The third-order valence-electron chi connectivity index (χ3n) is 5.63. The minimum absolute atomic E-state index is 0.0396. The van der Waals surface area contributed by atoms with E-state index < -0.39 is 47.9 Å². The van der Waals surface area contributed by atoms with Gasteiger partial charge in [0, 0.05) is 37.0 Å². The molecule has 0 aliphatic rings. The monoisotopic (exact) mass is 561 g/mol. The van der Waals surface area contributed by atoms with Crippen LogP contribution in [0, 0.1) is 0 Å². The molecule has 0 saturated heterocycles. The summed E-state index contributed by atoms with van der Waals surface area (Å²) in [7, 11) is 0. The van der Waals surface area contributed by atoms with Gasteiger partial charge in [0.25, 0.3) is 0 Å². The van der Waals surface area contributed by atoms with Crippen molar-refractivity contribution in [2.75, 3.05) is 12.3 Å². The number of nitrogens with two attached hydrogens (primary N) is 3. The van der Waals surface area contributed by atoms with Crippen LogP contribution in [0.15, 0.2) is 47.8 Å². The van der Waals surface area contributed by atoms with Gasteiger partial charge in [-0.2, -0.15) is 12.6 Å². The highest BCUT2D eigenvalue weighted by Crippen LogP contribution is 2.06. The van der Waals surface area contributed by atoms with E-state index in [1.807, 2.05) is 6.07 Å². The number of aromatic nitrogens is 2. The zero-order chi connectivity index (χ0) is 28.8. The maximum absolute atomic E-state index is 13.2. The molecule has 1 aromatic heterocycles. The molecule has 4 unspecified atom stereocenters. The van der Waals surface area contributed by atoms with Crippen LogP contribution in [0.25, 0.3) is 0 Å². The molecule has 15 heteroatoms. The van der Waals surface area contributed by atoms with Gasteiger partial charge in [-0.05, 0) is 18.4 Å². The first kappa shape index (κ1) is 31.1. The summed E-state index contributed by atoms with van der Waals surface area (Å²) in [5.41, 5.74) is 17.8. The van der Waals surface area contributed by atoms with Crippen LogP contribution in [0.3, 0.4) is 0 Å².